The van der Waals surface area contributed by atoms with E-state index in [-0.39, 0.29) is 18.3 Å². The van der Waals surface area contributed by atoms with E-state index >= 15 is 0 Å². The van der Waals surface area contributed by atoms with Crippen LogP contribution in [0.3, 0.4) is 0 Å². The number of nitrogens with zero attached hydrogens (tertiary/aromatic N) is 3. The summed E-state index contributed by atoms with van der Waals surface area (Å²) in [5.41, 5.74) is 4.45. The number of rotatable bonds is 8. The Kier molecular flexibility index (Phi) is 7.20. The number of ether oxygens (including phenoxy) is 2. The molecule has 1 saturated heterocycles. The lowest BCUT2D eigenvalue weighted by Crippen LogP contribution is -2.34. The number of hydrogen-bond acceptors (Lipinski definition) is 5. The van der Waals surface area contributed by atoms with Gasteiger partial charge in [-0.05, 0) is 66.4 Å². The molecule has 1 N–H and O–H groups in total. The van der Waals surface area contributed by atoms with E-state index < -0.39 is 11.8 Å². The second kappa shape index (κ2) is 10.8. The van der Waals surface area contributed by atoms with Crippen molar-refractivity contribution in [2.24, 2.45) is 0 Å². The van der Waals surface area contributed by atoms with Crippen molar-refractivity contribution in [3.8, 4) is 5.75 Å². The zero-order valence-electron chi connectivity index (χ0n) is 21.0. The van der Waals surface area contributed by atoms with Crippen LogP contribution in [0, 0.1) is 5.82 Å². The number of halogens is 3. The Balaban J connectivity index is 1.22. The first-order valence-corrected chi connectivity index (χ1v) is 13.5. The van der Waals surface area contributed by atoms with Crippen molar-refractivity contribution in [2.45, 2.75) is 45.2 Å². The summed E-state index contributed by atoms with van der Waals surface area (Å²) in [5.74, 6) is -0.0139. The van der Waals surface area contributed by atoms with Gasteiger partial charge in [0.05, 0.1) is 40.8 Å². The Morgan fingerprint density at radius 1 is 1.15 bits per heavy atom. The van der Waals surface area contributed by atoms with E-state index in [1.165, 1.54) is 6.07 Å². The molecular formula is C29H26Cl2FN3O4. The van der Waals surface area contributed by atoms with Gasteiger partial charge >= 0.3 is 5.97 Å². The van der Waals surface area contributed by atoms with E-state index in [0.717, 1.165) is 54.0 Å². The molecule has 0 aliphatic carbocycles. The Labute approximate surface area is 234 Å². The van der Waals surface area contributed by atoms with Crippen molar-refractivity contribution >= 4 is 40.2 Å². The molecule has 0 amide bonds. The highest BCUT2D eigenvalue weighted by atomic mass is 35.5. The summed E-state index contributed by atoms with van der Waals surface area (Å²) >= 11 is 12.4. The van der Waals surface area contributed by atoms with Crippen LogP contribution in [0.2, 0.25) is 10.0 Å². The molecule has 1 fully saturated rings. The van der Waals surface area contributed by atoms with Crippen LogP contribution in [0.5, 0.6) is 5.75 Å². The van der Waals surface area contributed by atoms with E-state index in [0.29, 0.717) is 41.0 Å². The molecule has 2 aliphatic rings. The van der Waals surface area contributed by atoms with Gasteiger partial charge in [-0.15, -0.1) is 0 Å². The molecule has 0 saturated carbocycles. The highest BCUT2D eigenvalue weighted by Gasteiger charge is 2.25. The molecule has 0 bridgehead atoms. The molecule has 1 aromatic heterocycles. The Morgan fingerprint density at radius 2 is 2.00 bits per heavy atom. The van der Waals surface area contributed by atoms with Gasteiger partial charge in [0.15, 0.2) is 0 Å². The largest absolute Gasteiger partial charge is 0.487 e. The molecule has 10 heteroatoms. The normalized spacial score (nSPS) is 17.2. The van der Waals surface area contributed by atoms with E-state index in [9.17, 15) is 14.3 Å². The zero-order valence-corrected chi connectivity index (χ0v) is 22.5. The fraction of sp³-hybridized carbons (Fsp3) is 0.310. The number of benzene rings is 3. The van der Waals surface area contributed by atoms with Crippen molar-refractivity contribution < 1.29 is 23.8 Å². The van der Waals surface area contributed by atoms with Gasteiger partial charge < -0.3 is 19.1 Å². The molecule has 6 rings (SSSR count). The van der Waals surface area contributed by atoms with Crippen LogP contribution < -0.4 is 4.74 Å². The zero-order chi connectivity index (χ0) is 27.1. The van der Waals surface area contributed by atoms with Crippen molar-refractivity contribution in [2.75, 3.05) is 13.2 Å². The molecule has 0 unspecified atom stereocenters. The molecule has 39 heavy (non-hydrogen) atoms. The molecule has 3 heterocycles. The number of imidazole rings is 1. The predicted octanol–water partition coefficient (Wildman–Crippen LogP) is 6.11. The first-order chi connectivity index (χ1) is 18.8. The SMILES string of the molecule is O=C(O)c1ccc2nc(CN3CCc4cc(Cl)c(OCc5ccc(Cl)cc5F)cc4C3)n(C[C@@H]3CCO3)c2c1. The van der Waals surface area contributed by atoms with Crippen LogP contribution in [0.1, 0.15) is 39.3 Å². The molecule has 3 aromatic carbocycles. The topological polar surface area (TPSA) is 76.8 Å². The number of aromatic nitrogens is 2. The Bertz CT molecular complexity index is 1570. The number of fused-ring (bicyclic) bond motifs is 2. The van der Waals surface area contributed by atoms with Crippen LogP contribution in [0.15, 0.2) is 48.5 Å². The van der Waals surface area contributed by atoms with Crippen molar-refractivity contribution in [1.29, 1.82) is 0 Å². The molecule has 0 radical (unpaired) electrons. The van der Waals surface area contributed by atoms with E-state index in [2.05, 4.69) is 9.47 Å². The minimum atomic E-state index is -0.964. The van der Waals surface area contributed by atoms with Gasteiger partial charge in [0, 0.05) is 30.3 Å². The smallest absolute Gasteiger partial charge is 0.335 e. The van der Waals surface area contributed by atoms with Gasteiger partial charge in [-0.2, -0.15) is 0 Å². The van der Waals surface area contributed by atoms with Crippen LogP contribution in [0.25, 0.3) is 11.0 Å². The average Bonchev–Trinajstić information content (AvgIpc) is 3.21. The molecule has 7 nitrogen and oxygen atoms in total. The van der Waals surface area contributed by atoms with Crippen LogP contribution in [-0.4, -0.2) is 44.8 Å². The Morgan fingerprint density at radius 3 is 2.74 bits per heavy atom. The summed E-state index contributed by atoms with van der Waals surface area (Å²) in [7, 11) is 0. The molecule has 4 aromatic rings. The highest BCUT2D eigenvalue weighted by Crippen LogP contribution is 2.33. The molecule has 0 spiro atoms. The minimum absolute atomic E-state index is 0.0385. The van der Waals surface area contributed by atoms with Crippen LogP contribution >= 0.6 is 23.2 Å². The second-order valence-electron chi connectivity index (χ2n) is 9.97. The summed E-state index contributed by atoms with van der Waals surface area (Å²) in [4.78, 5) is 18.8. The van der Waals surface area contributed by atoms with E-state index in [1.54, 1.807) is 30.3 Å². The van der Waals surface area contributed by atoms with Crippen LogP contribution in [0.4, 0.5) is 4.39 Å². The quantitative estimate of drug-likeness (QED) is 0.276. The lowest BCUT2D eigenvalue weighted by atomic mass is 9.99. The van der Waals surface area contributed by atoms with Gasteiger partial charge in [-0.25, -0.2) is 14.2 Å². The maximum atomic E-state index is 14.2. The minimum Gasteiger partial charge on any atom is -0.487 e. The number of carboxylic acid groups (broad SMARTS) is 1. The fourth-order valence-corrected chi connectivity index (χ4v) is 5.52. The molecule has 1 atom stereocenters. The third-order valence-electron chi connectivity index (χ3n) is 7.36. The molecule has 2 aliphatic heterocycles. The van der Waals surface area contributed by atoms with Crippen LogP contribution in [-0.2, 0) is 37.4 Å². The number of carboxylic acids is 1. The lowest BCUT2D eigenvalue weighted by molar-refractivity contribution is -0.0592. The number of carbonyl (C=O) groups is 1. The van der Waals surface area contributed by atoms with E-state index in [1.807, 2.05) is 12.1 Å². The van der Waals surface area contributed by atoms with Gasteiger partial charge in [-0.3, -0.25) is 4.90 Å². The van der Waals surface area contributed by atoms with Crippen molar-refractivity contribution in [3.63, 3.8) is 0 Å². The second-order valence-corrected chi connectivity index (χ2v) is 10.8. The number of aromatic carboxylic acids is 1. The van der Waals surface area contributed by atoms with Gasteiger partial charge in [0.25, 0.3) is 0 Å². The summed E-state index contributed by atoms with van der Waals surface area (Å²) in [5, 5.41) is 10.3. The average molecular weight is 570 g/mol. The van der Waals surface area contributed by atoms with Gasteiger partial charge in [-0.1, -0.05) is 29.3 Å². The predicted molar refractivity (Wildman–Crippen MR) is 146 cm³/mol. The summed E-state index contributed by atoms with van der Waals surface area (Å²) in [6.07, 6.45) is 1.89. The maximum Gasteiger partial charge on any atom is 0.335 e. The summed E-state index contributed by atoms with van der Waals surface area (Å²) in [6, 6.07) is 13.4. The monoisotopic (exact) mass is 569 g/mol. The van der Waals surface area contributed by atoms with Crippen molar-refractivity contribution in [1.82, 2.24) is 14.5 Å². The number of hydrogen-bond donors (Lipinski definition) is 1. The van der Waals surface area contributed by atoms with Crippen molar-refractivity contribution in [3.05, 3.63) is 92.5 Å². The first kappa shape index (κ1) is 26.1. The fourth-order valence-electron chi connectivity index (χ4n) is 5.12. The van der Waals surface area contributed by atoms with Gasteiger partial charge in [0.2, 0.25) is 0 Å². The maximum absolute atomic E-state index is 14.2. The Hall–Kier alpha value is -3.17. The summed E-state index contributed by atoms with van der Waals surface area (Å²) in [6.45, 7) is 3.50. The molecule has 202 valence electrons. The first-order valence-electron chi connectivity index (χ1n) is 12.8. The lowest BCUT2D eigenvalue weighted by Gasteiger charge is -2.31. The summed E-state index contributed by atoms with van der Waals surface area (Å²) < 4.78 is 27.9. The third kappa shape index (κ3) is 5.47. The third-order valence-corrected chi connectivity index (χ3v) is 7.89. The highest BCUT2D eigenvalue weighted by molar-refractivity contribution is 6.32. The molecular weight excluding hydrogens is 544 g/mol. The standard InChI is InChI=1S/C29H26Cl2FN3O4/c30-21-3-1-19(24(32)12-21)16-39-27-11-20-13-34(7-5-17(20)9-23(27)31)15-28-33-25-4-2-18(29(36)37)10-26(25)35(28)14-22-6-8-38-22/h1-4,9-12,22H,5-8,13-16H2,(H,36,37)/t22-/m0/s1. The van der Waals surface area contributed by atoms with E-state index in [4.69, 9.17) is 37.7 Å². The van der Waals surface area contributed by atoms with Gasteiger partial charge in [0.1, 0.15) is 24.0 Å².